The molecule has 5 nitrogen and oxygen atoms in total. The summed E-state index contributed by atoms with van der Waals surface area (Å²) >= 11 is 5.81. The largest absolute Gasteiger partial charge is 0.357 e. The van der Waals surface area contributed by atoms with Crippen LogP contribution < -0.4 is 16.0 Å². The zero-order valence-electron chi connectivity index (χ0n) is 13.6. The molecule has 0 aliphatic heterocycles. The average molecular weight is 337 g/mol. The number of aliphatic imine (C=N–C) groups is 1. The summed E-state index contributed by atoms with van der Waals surface area (Å²) in [4.78, 5) is 16.5. The van der Waals surface area contributed by atoms with Gasteiger partial charge >= 0.3 is 0 Å². The Hall–Kier alpha value is -1.75. The first-order chi connectivity index (χ1) is 11.2. The second-order valence-electron chi connectivity index (χ2n) is 5.65. The van der Waals surface area contributed by atoms with Gasteiger partial charge in [-0.3, -0.25) is 9.79 Å². The molecule has 0 unspecified atom stereocenters. The Morgan fingerprint density at radius 3 is 2.57 bits per heavy atom. The lowest BCUT2D eigenvalue weighted by atomic mass is 10.2. The molecule has 1 aromatic carbocycles. The Kier molecular flexibility index (Phi) is 7.20. The molecular weight excluding hydrogens is 312 g/mol. The number of guanidine groups is 1. The number of amides is 1. The van der Waals surface area contributed by atoms with Crippen LogP contribution in [0.1, 0.15) is 43.0 Å². The molecule has 1 aliphatic rings. The van der Waals surface area contributed by atoms with Crippen LogP contribution in [0.5, 0.6) is 0 Å². The summed E-state index contributed by atoms with van der Waals surface area (Å²) < 4.78 is 0. The molecule has 0 heterocycles. The Balaban J connectivity index is 1.76. The highest BCUT2D eigenvalue weighted by Crippen LogP contribution is 2.17. The fraction of sp³-hybridized carbons (Fsp3) is 0.529. The number of carbonyl (C=O) groups excluding carboxylic acids is 1. The molecule has 1 amide bonds. The van der Waals surface area contributed by atoms with E-state index in [1.807, 2.05) is 6.92 Å². The molecule has 2 rings (SSSR count). The standard InChI is InChI=1S/C17H25ClN4O/c1-2-19-17(22-15-5-3-4-6-15)21-12-11-20-16(23)13-7-9-14(18)10-8-13/h7-10,15H,2-6,11-12H2,1H3,(H,20,23)(H2,19,21,22). The molecule has 1 fully saturated rings. The van der Waals surface area contributed by atoms with Gasteiger partial charge in [-0.25, -0.2) is 0 Å². The van der Waals surface area contributed by atoms with E-state index in [0.717, 1.165) is 12.5 Å². The normalized spacial score (nSPS) is 15.5. The van der Waals surface area contributed by atoms with Crippen molar-refractivity contribution in [1.82, 2.24) is 16.0 Å². The molecule has 0 aromatic heterocycles. The molecule has 3 N–H and O–H groups in total. The lowest BCUT2D eigenvalue weighted by Gasteiger charge is -2.16. The summed E-state index contributed by atoms with van der Waals surface area (Å²) in [7, 11) is 0. The van der Waals surface area contributed by atoms with Crippen LogP contribution >= 0.6 is 11.6 Å². The van der Waals surface area contributed by atoms with Crippen molar-refractivity contribution >= 4 is 23.5 Å². The van der Waals surface area contributed by atoms with Crippen LogP contribution in [0.4, 0.5) is 0 Å². The van der Waals surface area contributed by atoms with Gasteiger partial charge in [0.1, 0.15) is 0 Å². The van der Waals surface area contributed by atoms with Crippen LogP contribution in [0.25, 0.3) is 0 Å². The highest BCUT2D eigenvalue weighted by Gasteiger charge is 2.15. The minimum atomic E-state index is -0.106. The first-order valence-electron chi connectivity index (χ1n) is 8.27. The molecule has 0 bridgehead atoms. The molecule has 126 valence electrons. The van der Waals surface area contributed by atoms with Crippen molar-refractivity contribution in [2.75, 3.05) is 19.6 Å². The molecule has 1 saturated carbocycles. The highest BCUT2D eigenvalue weighted by molar-refractivity contribution is 6.30. The van der Waals surface area contributed by atoms with E-state index in [-0.39, 0.29) is 5.91 Å². The molecule has 0 radical (unpaired) electrons. The zero-order chi connectivity index (χ0) is 16.5. The molecule has 0 spiro atoms. The number of hydrogen-bond acceptors (Lipinski definition) is 2. The first kappa shape index (κ1) is 17.6. The molecule has 23 heavy (non-hydrogen) atoms. The number of rotatable bonds is 6. The SMILES string of the molecule is CCNC(=NCCNC(=O)c1ccc(Cl)cc1)NC1CCCC1. The Morgan fingerprint density at radius 1 is 1.22 bits per heavy atom. The summed E-state index contributed by atoms with van der Waals surface area (Å²) in [6, 6.07) is 7.38. The van der Waals surface area contributed by atoms with Gasteiger partial charge in [-0.05, 0) is 44.0 Å². The maximum Gasteiger partial charge on any atom is 0.251 e. The monoisotopic (exact) mass is 336 g/mol. The molecule has 6 heteroatoms. The highest BCUT2D eigenvalue weighted by atomic mass is 35.5. The lowest BCUT2D eigenvalue weighted by Crippen LogP contribution is -2.42. The second-order valence-corrected chi connectivity index (χ2v) is 6.09. The minimum Gasteiger partial charge on any atom is -0.357 e. The van der Waals surface area contributed by atoms with Crippen molar-refractivity contribution < 1.29 is 4.79 Å². The van der Waals surface area contributed by atoms with Crippen LogP contribution in [0.15, 0.2) is 29.3 Å². The summed E-state index contributed by atoms with van der Waals surface area (Å²) in [6.07, 6.45) is 4.98. The van der Waals surface area contributed by atoms with Gasteiger partial charge in [0.05, 0.1) is 6.54 Å². The second kappa shape index (κ2) is 9.40. The Bertz CT molecular complexity index is 524. The first-order valence-corrected chi connectivity index (χ1v) is 8.65. The van der Waals surface area contributed by atoms with Gasteiger partial charge in [-0.15, -0.1) is 0 Å². The zero-order valence-corrected chi connectivity index (χ0v) is 14.3. The van der Waals surface area contributed by atoms with E-state index in [0.29, 0.717) is 29.7 Å². The third-order valence-electron chi connectivity index (χ3n) is 3.81. The predicted molar refractivity (Wildman–Crippen MR) is 95.2 cm³/mol. The number of halogens is 1. The van der Waals surface area contributed by atoms with Gasteiger partial charge in [0.15, 0.2) is 5.96 Å². The van der Waals surface area contributed by atoms with E-state index in [2.05, 4.69) is 20.9 Å². The maximum atomic E-state index is 12.0. The van der Waals surface area contributed by atoms with E-state index in [1.54, 1.807) is 24.3 Å². The van der Waals surface area contributed by atoms with Gasteiger partial charge in [-0.1, -0.05) is 24.4 Å². The van der Waals surface area contributed by atoms with Crippen molar-refractivity contribution in [3.63, 3.8) is 0 Å². The molecule has 0 saturated heterocycles. The van der Waals surface area contributed by atoms with Crippen molar-refractivity contribution in [2.45, 2.75) is 38.6 Å². The maximum absolute atomic E-state index is 12.0. The van der Waals surface area contributed by atoms with E-state index < -0.39 is 0 Å². The van der Waals surface area contributed by atoms with E-state index in [1.165, 1.54) is 25.7 Å². The van der Waals surface area contributed by atoms with E-state index in [9.17, 15) is 4.79 Å². The van der Waals surface area contributed by atoms with Gasteiger partial charge in [0, 0.05) is 29.7 Å². The summed E-state index contributed by atoms with van der Waals surface area (Å²) in [5.74, 6) is 0.728. The number of nitrogens with one attached hydrogen (secondary N) is 3. The summed E-state index contributed by atoms with van der Waals surface area (Å²) in [5.41, 5.74) is 0.606. The number of nitrogens with zero attached hydrogens (tertiary/aromatic N) is 1. The molecule has 1 aliphatic carbocycles. The topological polar surface area (TPSA) is 65.5 Å². The Morgan fingerprint density at radius 2 is 1.91 bits per heavy atom. The summed E-state index contributed by atoms with van der Waals surface area (Å²) in [5, 5.41) is 10.2. The lowest BCUT2D eigenvalue weighted by molar-refractivity contribution is 0.0955. The number of hydrogen-bond donors (Lipinski definition) is 3. The van der Waals surface area contributed by atoms with E-state index >= 15 is 0 Å². The van der Waals surface area contributed by atoms with Crippen LogP contribution in [-0.4, -0.2) is 37.5 Å². The van der Waals surface area contributed by atoms with Crippen molar-refractivity contribution in [1.29, 1.82) is 0 Å². The minimum absolute atomic E-state index is 0.106. The quantitative estimate of drug-likeness (QED) is 0.425. The van der Waals surface area contributed by atoms with Gasteiger partial charge in [-0.2, -0.15) is 0 Å². The molecule has 0 atom stereocenters. The third-order valence-corrected chi connectivity index (χ3v) is 4.07. The third kappa shape index (κ3) is 6.10. The summed E-state index contributed by atoms with van der Waals surface area (Å²) in [6.45, 7) is 3.92. The number of carbonyl (C=O) groups is 1. The van der Waals surface area contributed by atoms with Crippen LogP contribution in [-0.2, 0) is 0 Å². The van der Waals surface area contributed by atoms with Crippen molar-refractivity contribution in [2.24, 2.45) is 4.99 Å². The van der Waals surface area contributed by atoms with Crippen LogP contribution in [0.2, 0.25) is 5.02 Å². The average Bonchev–Trinajstić information content (AvgIpc) is 3.05. The van der Waals surface area contributed by atoms with Crippen LogP contribution in [0, 0.1) is 0 Å². The van der Waals surface area contributed by atoms with Gasteiger partial charge in [0.2, 0.25) is 0 Å². The fourth-order valence-corrected chi connectivity index (χ4v) is 2.75. The van der Waals surface area contributed by atoms with Crippen molar-refractivity contribution in [3.05, 3.63) is 34.9 Å². The fourth-order valence-electron chi connectivity index (χ4n) is 2.62. The van der Waals surface area contributed by atoms with Crippen molar-refractivity contribution in [3.8, 4) is 0 Å². The van der Waals surface area contributed by atoms with E-state index in [4.69, 9.17) is 11.6 Å². The molecular formula is C17H25ClN4O. The van der Waals surface area contributed by atoms with Crippen LogP contribution in [0.3, 0.4) is 0 Å². The smallest absolute Gasteiger partial charge is 0.251 e. The number of benzene rings is 1. The van der Waals surface area contributed by atoms with Gasteiger partial charge in [0.25, 0.3) is 5.91 Å². The molecule has 1 aromatic rings. The predicted octanol–water partition coefficient (Wildman–Crippen LogP) is 2.57. The Labute approximate surface area is 142 Å². The van der Waals surface area contributed by atoms with Gasteiger partial charge < -0.3 is 16.0 Å².